The summed E-state index contributed by atoms with van der Waals surface area (Å²) in [5.74, 6) is 1.25. The average molecular weight is 243 g/mol. The van der Waals surface area contributed by atoms with E-state index < -0.39 is 5.60 Å². The van der Waals surface area contributed by atoms with E-state index in [0.29, 0.717) is 4.75 Å². The van der Waals surface area contributed by atoms with Gasteiger partial charge >= 0.3 is 0 Å². The highest BCUT2D eigenvalue weighted by atomic mass is 32.2. The van der Waals surface area contributed by atoms with Gasteiger partial charge in [-0.1, -0.05) is 19.3 Å². The van der Waals surface area contributed by atoms with Crippen LogP contribution in [0.1, 0.15) is 46.0 Å². The summed E-state index contributed by atoms with van der Waals surface area (Å²) in [5, 5.41) is 9.91. The molecule has 2 rings (SSSR count). The standard InChI is InChI=1S/C13H25NOS/c1-12(2,15)10-14-8-9-16-13(11-14)6-4-3-5-7-13/h15H,3-11H2,1-2H3. The zero-order valence-electron chi connectivity index (χ0n) is 10.7. The van der Waals surface area contributed by atoms with Gasteiger partial charge in [-0.05, 0) is 26.7 Å². The van der Waals surface area contributed by atoms with Gasteiger partial charge in [0.2, 0.25) is 0 Å². The monoisotopic (exact) mass is 243 g/mol. The van der Waals surface area contributed by atoms with E-state index in [1.54, 1.807) is 0 Å². The second-order valence-electron chi connectivity index (χ2n) is 6.12. The minimum absolute atomic E-state index is 0.530. The van der Waals surface area contributed by atoms with Gasteiger partial charge in [0.1, 0.15) is 0 Å². The van der Waals surface area contributed by atoms with Crippen molar-refractivity contribution in [3.63, 3.8) is 0 Å². The molecule has 0 amide bonds. The maximum absolute atomic E-state index is 9.91. The Kier molecular flexibility index (Phi) is 3.87. The molecule has 1 aliphatic heterocycles. The molecule has 1 heterocycles. The molecule has 0 bridgehead atoms. The van der Waals surface area contributed by atoms with Gasteiger partial charge in [-0.3, -0.25) is 4.90 Å². The van der Waals surface area contributed by atoms with Crippen LogP contribution in [0.3, 0.4) is 0 Å². The van der Waals surface area contributed by atoms with Crippen molar-refractivity contribution in [1.82, 2.24) is 4.90 Å². The number of rotatable bonds is 2. The molecule has 0 unspecified atom stereocenters. The third-order valence-corrected chi connectivity index (χ3v) is 5.24. The normalized spacial score (nSPS) is 27.2. The zero-order chi connectivity index (χ0) is 11.6. The molecule has 1 aliphatic carbocycles. The Morgan fingerprint density at radius 1 is 1.25 bits per heavy atom. The van der Waals surface area contributed by atoms with Crippen LogP contribution in [0.5, 0.6) is 0 Å². The highest BCUT2D eigenvalue weighted by molar-refractivity contribution is 8.00. The van der Waals surface area contributed by atoms with Gasteiger partial charge in [-0.25, -0.2) is 0 Å². The van der Waals surface area contributed by atoms with Crippen LogP contribution in [0.25, 0.3) is 0 Å². The third kappa shape index (κ3) is 3.38. The number of hydrogen-bond donors (Lipinski definition) is 1. The average Bonchev–Trinajstić information content (AvgIpc) is 2.16. The fourth-order valence-electron chi connectivity index (χ4n) is 3.10. The van der Waals surface area contributed by atoms with Crippen molar-refractivity contribution in [2.24, 2.45) is 0 Å². The predicted molar refractivity (Wildman–Crippen MR) is 71.0 cm³/mol. The van der Waals surface area contributed by atoms with Gasteiger partial charge in [0.05, 0.1) is 5.60 Å². The maximum Gasteiger partial charge on any atom is 0.0718 e. The van der Waals surface area contributed by atoms with Gasteiger partial charge in [0.25, 0.3) is 0 Å². The molecular formula is C13H25NOS. The van der Waals surface area contributed by atoms with Gasteiger partial charge in [-0.15, -0.1) is 0 Å². The lowest BCUT2D eigenvalue weighted by Crippen LogP contribution is -2.51. The van der Waals surface area contributed by atoms with Crippen molar-refractivity contribution in [2.75, 3.05) is 25.4 Å². The molecule has 1 saturated carbocycles. The summed E-state index contributed by atoms with van der Waals surface area (Å²) in [5.41, 5.74) is -0.544. The molecule has 16 heavy (non-hydrogen) atoms. The van der Waals surface area contributed by atoms with E-state index in [2.05, 4.69) is 16.7 Å². The number of aliphatic hydroxyl groups is 1. The quantitative estimate of drug-likeness (QED) is 0.806. The molecule has 1 N–H and O–H groups in total. The number of hydrogen-bond acceptors (Lipinski definition) is 3. The largest absolute Gasteiger partial charge is 0.389 e. The van der Waals surface area contributed by atoms with Crippen molar-refractivity contribution >= 4 is 11.8 Å². The third-order valence-electron chi connectivity index (χ3n) is 3.70. The molecule has 1 spiro atoms. The summed E-state index contributed by atoms with van der Waals surface area (Å²) in [7, 11) is 0. The Morgan fingerprint density at radius 2 is 1.94 bits per heavy atom. The van der Waals surface area contributed by atoms with E-state index in [4.69, 9.17) is 0 Å². The summed E-state index contributed by atoms with van der Waals surface area (Å²) in [6.07, 6.45) is 7.01. The molecule has 0 radical (unpaired) electrons. The number of thioether (sulfide) groups is 1. The molecule has 2 nitrogen and oxygen atoms in total. The zero-order valence-corrected chi connectivity index (χ0v) is 11.5. The Hall–Kier alpha value is 0.270. The van der Waals surface area contributed by atoms with Crippen LogP contribution >= 0.6 is 11.8 Å². The van der Waals surface area contributed by atoms with E-state index in [1.807, 2.05) is 13.8 Å². The number of β-amino-alcohol motifs (C(OH)–C–C–N with tert-alkyl or cyclic N) is 1. The fraction of sp³-hybridized carbons (Fsp3) is 1.00. The first-order chi connectivity index (χ1) is 7.49. The van der Waals surface area contributed by atoms with Crippen LogP contribution in [-0.2, 0) is 0 Å². The molecule has 1 saturated heterocycles. The molecule has 0 aromatic heterocycles. The van der Waals surface area contributed by atoms with E-state index in [-0.39, 0.29) is 0 Å². The van der Waals surface area contributed by atoms with E-state index in [0.717, 1.165) is 13.1 Å². The van der Waals surface area contributed by atoms with Crippen molar-refractivity contribution in [1.29, 1.82) is 0 Å². The van der Waals surface area contributed by atoms with E-state index in [9.17, 15) is 5.11 Å². The second kappa shape index (κ2) is 4.87. The Morgan fingerprint density at radius 3 is 2.56 bits per heavy atom. The molecule has 94 valence electrons. The first-order valence-electron chi connectivity index (χ1n) is 6.58. The van der Waals surface area contributed by atoms with Crippen molar-refractivity contribution < 1.29 is 5.11 Å². The fourth-order valence-corrected chi connectivity index (χ4v) is 4.74. The lowest BCUT2D eigenvalue weighted by atomic mass is 9.87. The Balaban J connectivity index is 1.92. The first-order valence-corrected chi connectivity index (χ1v) is 7.56. The molecule has 2 aliphatic rings. The molecule has 0 aromatic rings. The predicted octanol–water partition coefficient (Wildman–Crippen LogP) is 2.51. The minimum Gasteiger partial charge on any atom is -0.389 e. The lowest BCUT2D eigenvalue weighted by molar-refractivity contribution is 0.0318. The number of nitrogens with zero attached hydrogens (tertiary/aromatic N) is 1. The lowest BCUT2D eigenvalue weighted by Gasteiger charge is -2.45. The van der Waals surface area contributed by atoms with Crippen molar-refractivity contribution in [3.05, 3.63) is 0 Å². The van der Waals surface area contributed by atoms with Gasteiger partial charge < -0.3 is 5.11 Å². The summed E-state index contributed by atoms with van der Waals surface area (Å²) >= 11 is 2.19. The van der Waals surface area contributed by atoms with E-state index in [1.165, 1.54) is 44.4 Å². The SMILES string of the molecule is CC(C)(O)CN1CCSC2(CCCCC2)C1. The summed E-state index contributed by atoms with van der Waals surface area (Å²) in [6, 6.07) is 0. The first kappa shape index (κ1) is 12.7. The molecule has 2 fully saturated rings. The minimum atomic E-state index is -0.544. The van der Waals surface area contributed by atoms with Crippen molar-refractivity contribution in [3.8, 4) is 0 Å². The van der Waals surface area contributed by atoms with Crippen LogP contribution in [0.4, 0.5) is 0 Å². The molecule has 0 aromatic carbocycles. The summed E-state index contributed by atoms with van der Waals surface area (Å²) in [4.78, 5) is 2.47. The van der Waals surface area contributed by atoms with Gasteiger partial charge in [0.15, 0.2) is 0 Å². The van der Waals surface area contributed by atoms with Crippen LogP contribution in [-0.4, -0.2) is 45.7 Å². The topological polar surface area (TPSA) is 23.5 Å². The smallest absolute Gasteiger partial charge is 0.0718 e. The Labute approximate surface area is 104 Å². The van der Waals surface area contributed by atoms with Gasteiger partial charge in [-0.2, -0.15) is 11.8 Å². The van der Waals surface area contributed by atoms with Crippen LogP contribution < -0.4 is 0 Å². The van der Waals surface area contributed by atoms with Crippen LogP contribution in [0, 0.1) is 0 Å². The Bertz CT molecular complexity index is 225. The summed E-state index contributed by atoms with van der Waals surface area (Å²) in [6.45, 7) is 7.01. The highest BCUT2D eigenvalue weighted by Gasteiger charge is 2.38. The van der Waals surface area contributed by atoms with E-state index >= 15 is 0 Å². The maximum atomic E-state index is 9.91. The van der Waals surface area contributed by atoms with Crippen LogP contribution in [0.15, 0.2) is 0 Å². The molecule has 3 heteroatoms. The molecule has 0 atom stereocenters. The highest BCUT2D eigenvalue weighted by Crippen LogP contribution is 2.42. The molecular weight excluding hydrogens is 218 g/mol. The van der Waals surface area contributed by atoms with Gasteiger partial charge in [0, 0.05) is 30.1 Å². The van der Waals surface area contributed by atoms with Crippen LogP contribution in [0.2, 0.25) is 0 Å². The second-order valence-corrected chi connectivity index (χ2v) is 7.68. The van der Waals surface area contributed by atoms with Crippen molar-refractivity contribution in [2.45, 2.75) is 56.3 Å². The summed E-state index contributed by atoms with van der Waals surface area (Å²) < 4.78 is 0.530.